The van der Waals surface area contributed by atoms with Crippen LogP contribution in [0.4, 0.5) is 0 Å². The van der Waals surface area contributed by atoms with E-state index in [1.165, 1.54) is 7.11 Å². The molecule has 0 aromatic carbocycles. The average molecular weight is 204 g/mol. The molecule has 0 rings (SSSR count). The van der Waals surface area contributed by atoms with E-state index in [2.05, 4.69) is 16.5 Å². The minimum Gasteiger partial charge on any atom is -0.450 e. The Balaban J connectivity index is 4.02. The summed E-state index contributed by atoms with van der Waals surface area (Å²) in [5, 5.41) is 0. The molecule has 0 amide bonds. The molecule has 0 aromatic rings. The van der Waals surface area contributed by atoms with Crippen molar-refractivity contribution in [2.45, 2.75) is 39.9 Å². The number of hydrogen-bond donors (Lipinski definition) is 0. The van der Waals surface area contributed by atoms with Crippen molar-refractivity contribution in [1.82, 2.24) is 0 Å². The minimum absolute atomic E-state index is 0.121. The van der Waals surface area contributed by atoms with Gasteiger partial charge in [0.2, 0.25) is 0 Å². The van der Waals surface area contributed by atoms with Gasteiger partial charge in [-0.1, -0.05) is 0 Å². The van der Waals surface area contributed by atoms with Crippen molar-refractivity contribution in [3.8, 4) is 11.8 Å². The molecule has 0 aliphatic heterocycles. The van der Waals surface area contributed by atoms with Gasteiger partial charge >= 0.3 is 0 Å². The maximum Gasteiger partial charge on any atom is 0.260 e. The Labute approximate surface area is 81.7 Å². The quantitative estimate of drug-likeness (QED) is 0.520. The average Bonchev–Trinajstić information content (AvgIpc) is 1.98. The van der Waals surface area contributed by atoms with Crippen LogP contribution >= 0.6 is 8.38 Å². The molecular weight excluding hydrogens is 187 g/mol. The number of methoxy groups -OCH3 is 1. The van der Waals surface area contributed by atoms with E-state index in [0.29, 0.717) is 0 Å². The second-order valence-electron chi connectivity index (χ2n) is 2.98. The lowest BCUT2D eigenvalue weighted by Gasteiger charge is -2.16. The second kappa shape index (κ2) is 7.15. The molecule has 0 atom stereocenters. The molecule has 0 bridgehead atoms. The summed E-state index contributed by atoms with van der Waals surface area (Å²) in [4.78, 5) is 0. The maximum absolute atomic E-state index is 5.45. The zero-order chi connectivity index (χ0) is 10.3. The van der Waals surface area contributed by atoms with Gasteiger partial charge in [-0.15, -0.1) is 0 Å². The largest absolute Gasteiger partial charge is 0.450 e. The Hall–Kier alpha value is -0.290. The summed E-state index contributed by atoms with van der Waals surface area (Å²) >= 11 is 0. The highest BCUT2D eigenvalue weighted by Crippen LogP contribution is 2.39. The Morgan fingerprint density at radius 1 is 1.00 bits per heavy atom. The zero-order valence-electron chi connectivity index (χ0n) is 8.83. The number of ether oxygens (including phenoxy) is 1. The van der Waals surface area contributed by atoms with Gasteiger partial charge in [0, 0.05) is 5.66 Å². The van der Waals surface area contributed by atoms with Crippen molar-refractivity contribution in [3.63, 3.8) is 0 Å². The Morgan fingerprint density at radius 3 is 1.77 bits per heavy atom. The van der Waals surface area contributed by atoms with Gasteiger partial charge < -0.3 is 13.8 Å². The van der Waals surface area contributed by atoms with Gasteiger partial charge in [0.05, 0.1) is 19.3 Å². The van der Waals surface area contributed by atoms with Crippen LogP contribution in [0.2, 0.25) is 0 Å². The third-order valence-electron chi connectivity index (χ3n) is 0.852. The highest BCUT2D eigenvalue weighted by Gasteiger charge is 2.11. The lowest BCUT2D eigenvalue weighted by atomic mass is 10.5. The van der Waals surface area contributed by atoms with Crippen LogP contribution in [0.3, 0.4) is 0 Å². The second-order valence-corrected chi connectivity index (χ2v) is 4.14. The van der Waals surface area contributed by atoms with Crippen molar-refractivity contribution >= 4 is 8.38 Å². The van der Waals surface area contributed by atoms with E-state index < -0.39 is 8.38 Å². The van der Waals surface area contributed by atoms with Gasteiger partial charge in [0.25, 0.3) is 8.38 Å². The summed E-state index contributed by atoms with van der Waals surface area (Å²) < 4.78 is 15.5. The molecule has 0 radical (unpaired) electrons. The zero-order valence-corrected chi connectivity index (χ0v) is 9.72. The van der Waals surface area contributed by atoms with Crippen LogP contribution in [-0.2, 0) is 13.8 Å². The minimum atomic E-state index is -1.13. The third-order valence-corrected chi connectivity index (χ3v) is 2.35. The molecule has 76 valence electrons. The SMILES string of the molecule is COC#CP(OC(C)C)OC(C)C. The maximum atomic E-state index is 5.45. The van der Waals surface area contributed by atoms with Crippen molar-refractivity contribution in [3.05, 3.63) is 0 Å². The highest BCUT2D eigenvalue weighted by atomic mass is 31.2. The van der Waals surface area contributed by atoms with E-state index in [-0.39, 0.29) is 12.2 Å². The molecule has 0 aromatic heterocycles. The van der Waals surface area contributed by atoms with E-state index in [1.807, 2.05) is 27.7 Å². The van der Waals surface area contributed by atoms with Crippen LogP contribution in [0.15, 0.2) is 0 Å². The molecule has 0 fully saturated rings. The molecule has 0 saturated carbocycles. The topological polar surface area (TPSA) is 27.7 Å². The van der Waals surface area contributed by atoms with Crippen LogP contribution in [0.5, 0.6) is 0 Å². The molecule has 0 aliphatic rings. The summed E-state index contributed by atoms with van der Waals surface area (Å²) in [6, 6.07) is 0. The molecule has 4 heteroatoms. The van der Waals surface area contributed by atoms with Gasteiger partial charge in [-0.05, 0) is 27.7 Å². The summed E-state index contributed by atoms with van der Waals surface area (Å²) in [6.07, 6.45) is 2.73. The van der Waals surface area contributed by atoms with E-state index in [1.54, 1.807) is 0 Å². The molecule has 3 nitrogen and oxygen atoms in total. The molecule has 0 heterocycles. The Bertz CT molecular complexity index is 171. The van der Waals surface area contributed by atoms with Crippen LogP contribution < -0.4 is 0 Å². The first-order valence-corrected chi connectivity index (χ1v) is 5.41. The third kappa shape index (κ3) is 8.05. The standard InChI is InChI=1S/C9H17O3P/c1-8(2)11-13(7-6-10-5)12-9(3)4/h8-9H,1-5H3. The summed E-state index contributed by atoms with van der Waals surface area (Å²) in [5.41, 5.74) is 2.78. The molecule has 0 aliphatic carbocycles. The Kier molecular flexibility index (Phi) is 6.99. The van der Waals surface area contributed by atoms with Crippen LogP contribution in [-0.4, -0.2) is 19.3 Å². The van der Waals surface area contributed by atoms with E-state index >= 15 is 0 Å². The predicted octanol–water partition coefficient (Wildman–Crippen LogP) is 2.71. The smallest absolute Gasteiger partial charge is 0.260 e. The molecule has 0 saturated heterocycles. The van der Waals surface area contributed by atoms with Crippen molar-refractivity contribution in [1.29, 1.82) is 0 Å². The van der Waals surface area contributed by atoms with Crippen LogP contribution in [0, 0.1) is 11.8 Å². The van der Waals surface area contributed by atoms with E-state index in [9.17, 15) is 0 Å². The highest BCUT2D eigenvalue weighted by molar-refractivity contribution is 7.53. The van der Waals surface area contributed by atoms with Crippen molar-refractivity contribution in [2.75, 3.05) is 7.11 Å². The van der Waals surface area contributed by atoms with Crippen LogP contribution in [0.1, 0.15) is 27.7 Å². The molecule has 0 spiro atoms. The summed E-state index contributed by atoms with van der Waals surface area (Å²) in [5.74, 6) is 0. The molecule has 0 N–H and O–H groups in total. The van der Waals surface area contributed by atoms with Gasteiger partial charge in [0.15, 0.2) is 0 Å². The lowest BCUT2D eigenvalue weighted by molar-refractivity contribution is 0.184. The first-order chi connectivity index (χ1) is 6.06. The van der Waals surface area contributed by atoms with Crippen LogP contribution in [0.25, 0.3) is 0 Å². The van der Waals surface area contributed by atoms with Gasteiger partial charge in [-0.2, -0.15) is 0 Å². The first-order valence-electron chi connectivity index (χ1n) is 4.23. The van der Waals surface area contributed by atoms with Gasteiger partial charge in [-0.25, -0.2) is 0 Å². The van der Waals surface area contributed by atoms with Crippen molar-refractivity contribution in [2.24, 2.45) is 0 Å². The van der Waals surface area contributed by atoms with Gasteiger partial charge in [0.1, 0.15) is 6.11 Å². The predicted molar refractivity (Wildman–Crippen MR) is 54.1 cm³/mol. The normalized spacial score (nSPS) is 10.5. The fourth-order valence-electron chi connectivity index (χ4n) is 0.543. The molecular formula is C9H17O3P. The van der Waals surface area contributed by atoms with E-state index in [4.69, 9.17) is 9.05 Å². The molecule has 0 unspecified atom stereocenters. The Morgan fingerprint density at radius 2 is 1.46 bits per heavy atom. The summed E-state index contributed by atoms with van der Waals surface area (Å²) in [7, 11) is 0.388. The summed E-state index contributed by atoms with van der Waals surface area (Å²) in [6.45, 7) is 7.81. The van der Waals surface area contributed by atoms with Gasteiger partial charge in [-0.3, -0.25) is 0 Å². The first kappa shape index (κ1) is 12.7. The number of hydrogen-bond acceptors (Lipinski definition) is 3. The number of rotatable bonds is 4. The van der Waals surface area contributed by atoms with Crippen molar-refractivity contribution < 1.29 is 13.8 Å². The molecule has 13 heavy (non-hydrogen) atoms. The monoisotopic (exact) mass is 204 g/mol. The van der Waals surface area contributed by atoms with E-state index in [0.717, 1.165) is 0 Å². The fourth-order valence-corrected chi connectivity index (χ4v) is 1.63. The lowest BCUT2D eigenvalue weighted by Crippen LogP contribution is -2.03. The fraction of sp³-hybridized carbons (Fsp3) is 0.778.